The molecule has 0 unspecified atom stereocenters. The molecular weight excluding hydrogens is 243 g/mol. The van der Waals surface area contributed by atoms with Crippen LogP contribution in [0.1, 0.15) is 5.56 Å². The number of hydrogen-bond acceptors (Lipinski definition) is 2. The zero-order valence-electron chi connectivity index (χ0n) is 8.67. The molecule has 0 atom stereocenters. The van der Waals surface area contributed by atoms with Crippen LogP contribution >= 0.6 is 23.2 Å². The van der Waals surface area contributed by atoms with Crippen LogP contribution < -0.4 is 5.73 Å². The molecule has 0 aliphatic carbocycles. The highest BCUT2D eigenvalue weighted by molar-refractivity contribution is 6.35. The summed E-state index contributed by atoms with van der Waals surface area (Å²) in [7, 11) is 0. The van der Waals surface area contributed by atoms with Gasteiger partial charge in [-0.15, -0.1) is 0 Å². The fourth-order valence-electron chi connectivity index (χ4n) is 1.52. The molecule has 0 bridgehead atoms. The Morgan fingerprint density at radius 2 is 1.69 bits per heavy atom. The van der Waals surface area contributed by atoms with Crippen molar-refractivity contribution in [3.8, 4) is 11.3 Å². The first-order valence-corrected chi connectivity index (χ1v) is 5.50. The molecular formula is C12H10Cl2N2. The van der Waals surface area contributed by atoms with Crippen molar-refractivity contribution < 1.29 is 0 Å². The summed E-state index contributed by atoms with van der Waals surface area (Å²) < 4.78 is 0. The Morgan fingerprint density at radius 1 is 1.06 bits per heavy atom. The number of nitrogens with zero attached hydrogens (tertiary/aromatic N) is 1. The standard InChI is InChI=1S/C12H10Cl2N2/c1-7-2-11(15)12(16-6-7)8-3-9(13)5-10(14)4-8/h2-6H,15H2,1H3. The second-order valence-corrected chi connectivity index (χ2v) is 4.48. The van der Waals surface area contributed by atoms with E-state index < -0.39 is 0 Å². The van der Waals surface area contributed by atoms with E-state index in [9.17, 15) is 0 Å². The van der Waals surface area contributed by atoms with Gasteiger partial charge in [-0.1, -0.05) is 23.2 Å². The summed E-state index contributed by atoms with van der Waals surface area (Å²) in [6.07, 6.45) is 1.76. The number of benzene rings is 1. The minimum Gasteiger partial charge on any atom is -0.397 e. The van der Waals surface area contributed by atoms with Crippen LogP contribution in [0, 0.1) is 6.92 Å². The highest BCUT2D eigenvalue weighted by Crippen LogP contribution is 2.29. The predicted molar refractivity (Wildman–Crippen MR) is 68.8 cm³/mol. The largest absolute Gasteiger partial charge is 0.397 e. The lowest BCUT2D eigenvalue weighted by molar-refractivity contribution is 1.27. The van der Waals surface area contributed by atoms with Gasteiger partial charge in [0.15, 0.2) is 0 Å². The third kappa shape index (κ3) is 2.29. The van der Waals surface area contributed by atoms with Crippen molar-refractivity contribution in [2.45, 2.75) is 6.92 Å². The van der Waals surface area contributed by atoms with E-state index in [1.54, 1.807) is 24.4 Å². The van der Waals surface area contributed by atoms with Crippen molar-refractivity contribution in [2.24, 2.45) is 0 Å². The van der Waals surface area contributed by atoms with Gasteiger partial charge in [-0.05, 0) is 36.8 Å². The van der Waals surface area contributed by atoms with Crippen LogP contribution in [0.3, 0.4) is 0 Å². The fraction of sp³-hybridized carbons (Fsp3) is 0.0833. The van der Waals surface area contributed by atoms with Gasteiger partial charge in [0.25, 0.3) is 0 Å². The van der Waals surface area contributed by atoms with E-state index in [0.717, 1.165) is 11.1 Å². The van der Waals surface area contributed by atoms with Crippen molar-refractivity contribution in [3.05, 3.63) is 46.1 Å². The second kappa shape index (κ2) is 4.32. The lowest BCUT2D eigenvalue weighted by Gasteiger charge is -2.06. The van der Waals surface area contributed by atoms with E-state index in [0.29, 0.717) is 21.4 Å². The molecule has 1 aromatic heterocycles. The van der Waals surface area contributed by atoms with Crippen LogP contribution in [0.15, 0.2) is 30.5 Å². The number of rotatable bonds is 1. The van der Waals surface area contributed by atoms with E-state index in [-0.39, 0.29) is 0 Å². The van der Waals surface area contributed by atoms with Gasteiger partial charge in [-0.2, -0.15) is 0 Å². The maximum atomic E-state index is 5.93. The molecule has 0 spiro atoms. The predicted octanol–water partition coefficient (Wildman–Crippen LogP) is 3.95. The number of pyridine rings is 1. The third-order valence-electron chi connectivity index (χ3n) is 2.19. The molecule has 0 aliphatic rings. The number of anilines is 1. The quantitative estimate of drug-likeness (QED) is 0.835. The molecule has 1 heterocycles. The third-order valence-corrected chi connectivity index (χ3v) is 2.63. The number of aryl methyl sites for hydroxylation is 1. The fourth-order valence-corrected chi connectivity index (χ4v) is 2.05. The minimum atomic E-state index is 0.573. The minimum absolute atomic E-state index is 0.573. The summed E-state index contributed by atoms with van der Waals surface area (Å²) in [5, 5.41) is 1.15. The Bertz CT molecular complexity index is 518. The Balaban J connectivity index is 2.58. The second-order valence-electron chi connectivity index (χ2n) is 3.61. The molecule has 0 saturated heterocycles. The molecule has 4 heteroatoms. The zero-order valence-corrected chi connectivity index (χ0v) is 10.2. The summed E-state index contributed by atoms with van der Waals surface area (Å²) in [6, 6.07) is 7.14. The van der Waals surface area contributed by atoms with Gasteiger partial charge >= 0.3 is 0 Å². The van der Waals surface area contributed by atoms with Crippen LogP contribution in [0.4, 0.5) is 5.69 Å². The number of nitrogen functional groups attached to an aromatic ring is 1. The van der Waals surface area contributed by atoms with Gasteiger partial charge in [-0.25, -0.2) is 0 Å². The number of halogens is 2. The molecule has 1 aromatic carbocycles. The van der Waals surface area contributed by atoms with Crippen LogP contribution in [0.25, 0.3) is 11.3 Å². The Labute approximate surface area is 104 Å². The van der Waals surface area contributed by atoms with Crippen molar-refractivity contribution >= 4 is 28.9 Å². The maximum Gasteiger partial charge on any atom is 0.0932 e. The first-order chi connectivity index (χ1) is 7.56. The highest BCUT2D eigenvalue weighted by atomic mass is 35.5. The highest BCUT2D eigenvalue weighted by Gasteiger charge is 2.06. The molecule has 82 valence electrons. The van der Waals surface area contributed by atoms with Gasteiger partial charge < -0.3 is 5.73 Å². The smallest absolute Gasteiger partial charge is 0.0932 e. The molecule has 0 amide bonds. The zero-order chi connectivity index (χ0) is 11.7. The summed E-state index contributed by atoms with van der Waals surface area (Å²) in [5.74, 6) is 0. The van der Waals surface area contributed by atoms with E-state index in [1.807, 2.05) is 13.0 Å². The molecule has 0 fully saturated rings. The van der Waals surface area contributed by atoms with E-state index in [4.69, 9.17) is 28.9 Å². The van der Waals surface area contributed by atoms with E-state index >= 15 is 0 Å². The first-order valence-electron chi connectivity index (χ1n) is 4.75. The molecule has 2 N–H and O–H groups in total. The SMILES string of the molecule is Cc1cnc(-c2cc(Cl)cc(Cl)c2)c(N)c1. The molecule has 0 saturated carbocycles. The van der Waals surface area contributed by atoms with Gasteiger partial charge in [0, 0.05) is 21.8 Å². The number of hydrogen-bond donors (Lipinski definition) is 1. The average molecular weight is 253 g/mol. The van der Waals surface area contributed by atoms with Gasteiger partial charge in [0.2, 0.25) is 0 Å². The number of nitrogens with two attached hydrogens (primary N) is 1. The molecule has 2 nitrogen and oxygen atoms in total. The summed E-state index contributed by atoms with van der Waals surface area (Å²) >= 11 is 11.9. The van der Waals surface area contributed by atoms with E-state index in [1.165, 1.54) is 0 Å². The van der Waals surface area contributed by atoms with Crippen molar-refractivity contribution in [1.82, 2.24) is 4.98 Å². The van der Waals surface area contributed by atoms with Crippen LogP contribution in [0.2, 0.25) is 10.0 Å². The van der Waals surface area contributed by atoms with Crippen LogP contribution in [-0.2, 0) is 0 Å². The molecule has 0 aliphatic heterocycles. The average Bonchev–Trinajstić information content (AvgIpc) is 2.15. The molecule has 0 radical (unpaired) electrons. The lowest BCUT2D eigenvalue weighted by atomic mass is 10.1. The Hall–Kier alpha value is -1.25. The molecule has 2 aromatic rings. The van der Waals surface area contributed by atoms with Gasteiger partial charge in [0.1, 0.15) is 0 Å². The maximum absolute atomic E-state index is 5.93. The Morgan fingerprint density at radius 3 is 2.25 bits per heavy atom. The van der Waals surface area contributed by atoms with Gasteiger partial charge in [-0.3, -0.25) is 4.98 Å². The summed E-state index contributed by atoms with van der Waals surface area (Å²) in [6.45, 7) is 1.94. The van der Waals surface area contributed by atoms with Crippen molar-refractivity contribution in [3.63, 3.8) is 0 Å². The normalized spacial score (nSPS) is 10.4. The lowest BCUT2D eigenvalue weighted by Crippen LogP contribution is -1.94. The summed E-state index contributed by atoms with van der Waals surface area (Å²) in [4.78, 5) is 4.29. The number of aromatic nitrogens is 1. The van der Waals surface area contributed by atoms with Crippen molar-refractivity contribution in [1.29, 1.82) is 0 Å². The summed E-state index contributed by atoms with van der Waals surface area (Å²) in [5.41, 5.74) is 9.08. The van der Waals surface area contributed by atoms with E-state index in [2.05, 4.69) is 4.98 Å². The van der Waals surface area contributed by atoms with Crippen molar-refractivity contribution in [2.75, 3.05) is 5.73 Å². The van der Waals surface area contributed by atoms with Crippen LogP contribution in [-0.4, -0.2) is 4.98 Å². The van der Waals surface area contributed by atoms with Gasteiger partial charge in [0.05, 0.1) is 11.4 Å². The molecule has 16 heavy (non-hydrogen) atoms. The first kappa shape index (κ1) is 11.2. The molecule has 2 rings (SSSR count). The van der Waals surface area contributed by atoms with Crippen LogP contribution in [0.5, 0.6) is 0 Å². The monoisotopic (exact) mass is 252 g/mol. The Kier molecular flexibility index (Phi) is 3.03. The topological polar surface area (TPSA) is 38.9 Å².